The first kappa shape index (κ1) is 74.6. The van der Waals surface area contributed by atoms with E-state index in [1.54, 1.807) is 0 Å². The van der Waals surface area contributed by atoms with Crippen LogP contribution in [0.3, 0.4) is 0 Å². The molecule has 0 N–H and O–H groups in total. The number of nitrogens with zero attached hydrogens (tertiary/aromatic N) is 2. The highest BCUT2D eigenvalue weighted by atomic mass is 16.3. The van der Waals surface area contributed by atoms with E-state index in [-0.39, 0.29) is 0 Å². The second-order valence-corrected chi connectivity index (χ2v) is 38.5. The number of hydrogen-bond donors (Lipinski definition) is 0. The summed E-state index contributed by atoms with van der Waals surface area (Å²) >= 11 is 0. The Labute approximate surface area is 793 Å². The summed E-state index contributed by atoms with van der Waals surface area (Å²) in [5.74, 6) is 0. The molecule has 0 saturated carbocycles. The third kappa shape index (κ3) is 10.8. The maximum absolute atomic E-state index is 6.41. The maximum Gasteiger partial charge on any atom is 0.136 e. The van der Waals surface area contributed by atoms with Gasteiger partial charge in [-0.1, -0.05) is 206 Å². The van der Waals surface area contributed by atoms with Crippen LogP contribution in [0.15, 0.2) is 451 Å². The van der Waals surface area contributed by atoms with Crippen molar-refractivity contribution in [2.24, 2.45) is 0 Å². The molecule has 0 aliphatic heterocycles. The van der Waals surface area contributed by atoms with E-state index >= 15 is 0 Å². The lowest BCUT2D eigenvalue weighted by Gasteiger charge is -2.08. The van der Waals surface area contributed by atoms with Crippen LogP contribution in [0, 0.1) is 0 Å². The zero-order valence-electron chi connectivity index (χ0n) is 74.8. The lowest BCUT2D eigenvalue weighted by molar-refractivity contribution is 0.668. The molecule has 8 heteroatoms. The highest BCUT2D eigenvalue weighted by Gasteiger charge is 2.27. The minimum absolute atomic E-state index is 0.900. The molecule has 0 spiro atoms. The summed E-state index contributed by atoms with van der Waals surface area (Å²) in [7, 11) is 0. The summed E-state index contributed by atoms with van der Waals surface area (Å²) in [6.45, 7) is 0. The second kappa shape index (κ2) is 27.5. The molecule has 8 nitrogen and oxygen atoms in total. The van der Waals surface area contributed by atoms with E-state index < -0.39 is 0 Å². The Morgan fingerprint density at radius 2 is 0.293 bits per heavy atom. The van der Waals surface area contributed by atoms with Gasteiger partial charge in [0.2, 0.25) is 0 Å². The number of aromatic nitrogens is 2. The summed E-state index contributed by atoms with van der Waals surface area (Å²) in [5.41, 5.74) is 32.2. The molecular formula is C132H70N2O6. The Kier molecular flexibility index (Phi) is 14.7. The molecule has 0 unspecified atom stereocenters. The largest absolute Gasteiger partial charge is 0.456 e. The Morgan fingerprint density at radius 3 is 0.571 bits per heavy atom. The van der Waals surface area contributed by atoms with Crippen LogP contribution >= 0.6 is 0 Å². The van der Waals surface area contributed by atoms with Crippen molar-refractivity contribution in [1.29, 1.82) is 0 Å². The molecule has 0 amide bonds. The van der Waals surface area contributed by atoms with E-state index in [1.165, 1.54) is 196 Å². The SMILES string of the molecule is c1ccc2c(c1)oc1ccc(-c3ccc4cc5c6cc(-c7ccc8oc9ccccc9c8c7)cc7c8cc9ccc(-c%10ccc%11oc%12ccccc%12c%11c%10)cc9cc8n(c5cc4c3)c67)cc12.c1ccc2cc3c(cc2c1)oc1ccc(-c2ccc4cc5c6cc(-c7ccc8oc9ccccc9c8c7)cc7c8cc9ccc(-c%10ccc%11oc%12cc%13ccccc%13cc%12c%11c%10)cc9cc8n(c5cc4c2)c67)cc13. The quantitative estimate of drug-likeness (QED) is 0.165. The predicted molar refractivity (Wildman–Crippen MR) is 584 cm³/mol. The van der Waals surface area contributed by atoms with Gasteiger partial charge in [0.05, 0.1) is 33.1 Å². The van der Waals surface area contributed by atoms with Gasteiger partial charge in [-0.2, -0.15) is 0 Å². The van der Waals surface area contributed by atoms with E-state index in [4.69, 9.17) is 26.5 Å². The van der Waals surface area contributed by atoms with Gasteiger partial charge >= 0.3 is 0 Å². The first-order chi connectivity index (χ1) is 69.2. The van der Waals surface area contributed by atoms with Crippen molar-refractivity contribution >= 4 is 272 Å². The zero-order chi connectivity index (χ0) is 90.7. The Bertz CT molecular complexity index is 11000. The minimum Gasteiger partial charge on any atom is -0.456 e. The van der Waals surface area contributed by atoms with Crippen molar-refractivity contribution in [3.05, 3.63) is 425 Å². The van der Waals surface area contributed by atoms with Crippen LogP contribution in [0.4, 0.5) is 0 Å². The molecule has 10 aromatic heterocycles. The van der Waals surface area contributed by atoms with Gasteiger partial charge in [-0.05, 0) is 350 Å². The van der Waals surface area contributed by atoms with Gasteiger partial charge in [-0.25, -0.2) is 0 Å². The molecule has 0 fully saturated rings. The van der Waals surface area contributed by atoms with Crippen LogP contribution < -0.4 is 0 Å². The Hall–Kier alpha value is -18.8. The number of hydrogen-bond acceptors (Lipinski definition) is 6. The monoisotopic (exact) mass is 1780 g/mol. The summed E-state index contributed by atoms with van der Waals surface area (Å²) < 4.78 is 42.8. The molecule has 140 heavy (non-hydrogen) atoms. The maximum atomic E-state index is 6.41. The van der Waals surface area contributed by atoms with Crippen molar-refractivity contribution < 1.29 is 26.5 Å². The number of benzene rings is 24. The third-order valence-corrected chi connectivity index (χ3v) is 30.8. The minimum atomic E-state index is 0.900. The van der Waals surface area contributed by atoms with Crippen LogP contribution in [0.2, 0.25) is 0 Å². The average Bonchev–Trinajstić information content (AvgIpc) is 1.53. The van der Waals surface area contributed by atoms with Crippen molar-refractivity contribution in [2.75, 3.05) is 0 Å². The van der Waals surface area contributed by atoms with Gasteiger partial charge in [0.25, 0.3) is 0 Å². The molecule has 0 bridgehead atoms. The molecule has 34 rings (SSSR count). The number of fused-ring (bicyclic) bond motifs is 36. The van der Waals surface area contributed by atoms with E-state index in [1.807, 2.05) is 42.5 Å². The molecule has 0 aliphatic carbocycles. The lowest BCUT2D eigenvalue weighted by Crippen LogP contribution is -1.84. The zero-order valence-corrected chi connectivity index (χ0v) is 74.8. The molecule has 0 aliphatic rings. The Morgan fingerprint density at radius 1 is 0.107 bits per heavy atom. The fraction of sp³-hybridized carbons (Fsp3) is 0. The predicted octanol–water partition coefficient (Wildman–Crippen LogP) is 38.0. The van der Waals surface area contributed by atoms with Gasteiger partial charge in [0, 0.05) is 108 Å². The number of furan rings is 6. The first-order valence-corrected chi connectivity index (χ1v) is 47.9. The van der Waals surface area contributed by atoms with Crippen LogP contribution in [-0.2, 0) is 0 Å². The molecule has 644 valence electrons. The van der Waals surface area contributed by atoms with E-state index in [0.29, 0.717) is 0 Å². The van der Waals surface area contributed by atoms with Crippen LogP contribution in [0.25, 0.3) is 339 Å². The van der Waals surface area contributed by atoms with Crippen molar-refractivity contribution in [3.8, 4) is 66.8 Å². The standard InChI is InChI=1S/C70H37NO3.C62H33NO3/c1-3-9-40-36-68-58(27-38(40)7-1)56-29-44(17-20-66(56)73-68)42-13-15-46-25-53-60-32-51(48-19-22-65-55(31-48)52-11-5-6-12-64(52)72-65)33-61-54-26-47-16-14-43(24-50(47)35-63(54)71(70(60)61)62(53)34-49(46)23-42)45-18-21-67-57(30-45)59-28-39-8-2-4-10-41(39)37-69(59)74-67;1-4-10-56-44(7-1)49-27-36(17-20-59(49)64-56)34-13-15-38-25-47-52-30-43(40-19-22-61-51(29-40)46-9-3-6-12-58(46)66-61)31-53-48-26-39-16-14-35(37-18-21-60-50(28-37)45-8-2-5-11-57(45)65-60)24-42(39)33-55(48)63(62(52)53)54(47)32-41(38)23-34/h1-37H;1-33H. The average molecular weight is 1780 g/mol. The van der Waals surface area contributed by atoms with Crippen LogP contribution in [0.5, 0.6) is 0 Å². The second-order valence-electron chi connectivity index (χ2n) is 38.5. The smallest absolute Gasteiger partial charge is 0.136 e. The molecule has 10 heterocycles. The van der Waals surface area contributed by atoms with E-state index in [2.05, 4.69) is 391 Å². The molecule has 0 atom stereocenters. The van der Waals surface area contributed by atoms with Gasteiger partial charge in [0.1, 0.15) is 67.0 Å². The molecule has 0 saturated heterocycles. The van der Waals surface area contributed by atoms with Crippen molar-refractivity contribution in [1.82, 2.24) is 8.80 Å². The van der Waals surface area contributed by atoms with Crippen molar-refractivity contribution in [2.45, 2.75) is 0 Å². The summed E-state index contributed by atoms with van der Waals surface area (Å²) in [6.07, 6.45) is 0. The first-order valence-electron chi connectivity index (χ1n) is 47.9. The normalized spacial score (nSPS) is 12.6. The molecule has 24 aromatic carbocycles. The summed E-state index contributed by atoms with van der Waals surface area (Å²) in [6, 6.07) is 155. The molecule has 34 aromatic rings. The van der Waals surface area contributed by atoms with E-state index in [9.17, 15) is 0 Å². The number of para-hydroxylation sites is 4. The fourth-order valence-corrected chi connectivity index (χ4v) is 24.0. The third-order valence-electron chi connectivity index (χ3n) is 30.8. The highest BCUT2D eigenvalue weighted by Crippen LogP contribution is 2.51. The van der Waals surface area contributed by atoms with Gasteiger partial charge in [-0.15, -0.1) is 0 Å². The van der Waals surface area contributed by atoms with Crippen LogP contribution in [-0.4, -0.2) is 8.80 Å². The van der Waals surface area contributed by atoms with Gasteiger partial charge in [-0.3, -0.25) is 0 Å². The van der Waals surface area contributed by atoms with Gasteiger partial charge < -0.3 is 35.3 Å². The van der Waals surface area contributed by atoms with Crippen LogP contribution in [0.1, 0.15) is 0 Å². The molecule has 0 radical (unpaired) electrons. The summed E-state index contributed by atoms with van der Waals surface area (Å²) in [4.78, 5) is 0. The van der Waals surface area contributed by atoms with Crippen molar-refractivity contribution in [3.63, 3.8) is 0 Å². The summed E-state index contributed by atoms with van der Waals surface area (Å²) in [5, 5.41) is 38.0. The van der Waals surface area contributed by atoms with Gasteiger partial charge in [0.15, 0.2) is 0 Å². The highest BCUT2D eigenvalue weighted by molar-refractivity contribution is 6.30. The topological polar surface area (TPSA) is 87.7 Å². The fourth-order valence-electron chi connectivity index (χ4n) is 24.0. The van der Waals surface area contributed by atoms with E-state index in [0.717, 1.165) is 143 Å². The lowest BCUT2D eigenvalue weighted by atomic mass is 9.95. The molecular weight excluding hydrogens is 1710 g/mol. The Balaban J connectivity index is 0.000000125. The number of rotatable bonds is 6.